The highest BCUT2D eigenvalue weighted by Crippen LogP contribution is 2.50. The number of ether oxygens (including phenoxy) is 4. The Labute approximate surface area is 288 Å². The van der Waals surface area contributed by atoms with Crippen molar-refractivity contribution in [1.29, 1.82) is 0 Å². The third-order valence-corrected chi connectivity index (χ3v) is 10.1. The van der Waals surface area contributed by atoms with Gasteiger partial charge in [-0.25, -0.2) is 0 Å². The van der Waals surface area contributed by atoms with Crippen LogP contribution in [0.2, 0.25) is 0 Å². The van der Waals surface area contributed by atoms with E-state index in [1.54, 1.807) is 0 Å². The van der Waals surface area contributed by atoms with Gasteiger partial charge in [0.1, 0.15) is 23.5 Å². The summed E-state index contributed by atoms with van der Waals surface area (Å²) >= 11 is 0. The minimum absolute atomic E-state index is 0.243. The summed E-state index contributed by atoms with van der Waals surface area (Å²) in [6, 6.07) is 9.03. The van der Waals surface area contributed by atoms with E-state index in [-0.39, 0.29) is 11.8 Å². The molecule has 0 aliphatic carbocycles. The zero-order chi connectivity index (χ0) is 34.6. The van der Waals surface area contributed by atoms with Crippen molar-refractivity contribution in [2.75, 3.05) is 0 Å². The van der Waals surface area contributed by atoms with Crippen molar-refractivity contribution in [3.63, 3.8) is 0 Å². The zero-order valence-corrected chi connectivity index (χ0v) is 31.1. The lowest BCUT2D eigenvalue weighted by molar-refractivity contribution is 0.372. The van der Waals surface area contributed by atoms with Gasteiger partial charge in [0, 0.05) is 33.4 Å². The Kier molecular flexibility index (Phi) is 9.32. The van der Waals surface area contributed by atoms with Gasteiger partial charge in [0.2, 0.25) is 0 Å². The zero-order valence-electron chi connectivity index (χ0n) is 31.1. The molecule has 3 aromatic rings. The minimum Gasteiger partial charge on any atom is -0.465 e. The molecule has 0 atom stereocenters. The summed E-state index contributed by atoms with van der Waals surface area (Å²) in [5, 5.41) is 0. The Bertz CT molecular complexity index is 1830. The van der Waals surface area contributed by atoms with E-state index in [0.717, 1.165) is 58.5 Å². The molecule has 3 aliphatic rings. The molecule has 3 heterocycles. The molecular formula is C44H54O4. The highest BCUT2D eigenvalue weighted by molar-refractivity contribution is 5.78. The molecule has 48 heavy (non-hydrogen) atoms. The summed E-state index contributed by atoms with van der Waals surface area (Å²) in [6.07, 6.45) is 9.74. The van der Waals surface area contributed by atoms with Crippen LogP contribution in [0.25, 0.3) is 11.5 Å². The van der Waals surface area contributed by atoms with E-state index in [4.69, 9.17) is 18.9 Å². The minimum atomic E-state index is 0.243. The molecule has 0 unspecified atom stereocenters. The Hall–Kier alpha value is -3.92. The van der Waals surface area contributed by atoms with Crippen LogP contribution in [0.1, 0.15) is 174 Å². The number of hydrogen-bond donors (Lipinski definition) is 0. The van der Waals surface area contributed by atoms with E-state index in [0.29, 0.717) is 23.7 Å². The monoisotopic (exact) mass is 646 g/mol. The normalized spacial score (nSPS) is 15.2. The van der Waals surface area contributed by atoms with Crippen molar-refractivity contribution in [1.82, 2.24) is 0 Å². The van der Waals surface area contributed by atoms with Crippen LogP contribution in [-0.4, -0.2) is 0 Å². The molecule has 0 N–H and O–H groups in total. The van der Waals surface area contributed by atoms with Crippen LogP contribution in [0.15, 0.2) is 48.9 Å². The van der Waals surface area contributed by atoms with Crippen LogP contribution in [0.3, 0.4) is 0 Å². The van der Waals surface area contributed by atoms with Gasteiger partial charge in [-0.1, -0.05) is 95.2 Å². The average Bonchev–Trinajstić information content (AvgIpc) is 3.04. The molecule has 4 nitrogen and oxygen atoms in total. The Balaban J connectivity index is 1.49. The first-order valence-corrected chi connectivity index (χ1v) is 18.1. The number of rotatable bonds is 8. The second-order valence-corrected chi connectivity index (χ2v) is 15.6. The average molecular weight is 647 g/mol. The Morgan fingerprint density at radius 3 is 1.54 bits per heavy atom. The number of benzene rings is 3. The van der Waals surface area contributed by atoms with Gasteiger partial charge in [-0.3, -0.25) is 0 Å². The highest BCUT2D eigenvalue weighted by atomic mass is 16.6. The summed E-state index contributed by atoms with van der Waals surface area (Å²) in [6.45, 7) is 26.9. The molecule has 3 aliphatic heterocycles. The van der Waals surface area contributed by atoms with E-state index in [2.05, 4.69) is 120 Å². The fourth-order valence-electron chi connectivity index (χ4n) is 7.65. The van der Waals surface area contributed by atoms with Gasteiger partial charge in [-0.2, -0.15) is 0 Å². The standard InChI is InChI=1S/C44H54O4/c1-23(2)29-15-16-30(24(3)4)44-43(29)46-22-38(48-44)36-21-34(26(7)8)42-32(40(36)28(11)12)17-18-37(47-42)35-20-33(25(5)6)41-31(14-13-19-45-41)39(35)27(9)10/h13,15-16,18-28H,14,17H2,1-12H3. The summed E-state index contributed by atoms with van der Waals surface area (Å²) in [7, 11) is 0. The summed E-state index contributed by atoms with van der Waals surface area (Å²) in [5.74, 6) is 7.18. The summed E-state index contributed by atoms with van der Waals surface area (Å²) < 4.78 is 26.7. The molecule has 254 valence electrons. The van der Waals surface area contributed by atoms with Crippen molar-refractivity contribution in [2.45, 2.75) is 131 Å². The largest absolute Gasteiger partial charge is 0.465 e. The lowest BCUT2D eigenvalue weighted by atomic mass is 9.81. The second kappa shape index (κ2) is 13.2. The molecule has 3 aromatic carbocycles. The summed E-state index contributed by atoms with van der Waals surface area (Å²) in [4.78, 5) is 0. The van der Waals surface area contributed by atoms with E-state index in [1.807, 2.05) is 12.5 Å². The molecule has 0 saturated heterocycles. The first-order chi connectivity index (χ1) is 22.8. The topological polar surface area (TPSA) is 36.9 Å². The van der Waals surface area contributed by atoms with Gasteiger partial charge in [0.15, 0.2) is 17.3 Å². The highest BCUT2D eigenvalue weighted by Gasteiger charge is 2.33. The predicted octanol–water partition coefficient (Wildman–Crippen LogP) is 12.6. The van der Waals surface area contributed by atoms with E-state index < -0.39 is 0 Å². The smallest absolute Gasteiger partial charge is 0.173 e. The molecule has 0 fully saturated rings. The first-order valence-electron chi connectivity index (χ1n) is 18.1. The maximum atomic E-state index is 7.12. The predicted molar refractivity (Wildman–Crippen MR) is 199 cm³/mol. The molecule has 0 radical (unpaired) electrons. The third kappa shape index (κ3) is 5.86. The number of fused-ring (bicyclic) bond motifs is 3. The van der Waals surface area contributed by atoms with Crippen LogP contribution >= 0.6 is 0 Å². The van der Waals surface area contributed by atoms with Crippen LogP contribution in [0, 0.1) is 0 Å². The van der Waals surface area contributed by atoms with Crippen LogP contribution in [-0.2, 0) is 12.8 Å². The van der Waals surface area contributed by atoms with E-state index >= 15 is 0 Å². The molecule has 0 aromatic heterocycles. The fourth-order valence-corrected chi connectivity index (χ4v) is 7.65. The molecule has 6 rings (SSSR count). The second-order valence-electron chi connectivity index (χ2n) is 15.6. The van der Waals surface area contributed by atoms with Crippen molar-refractivity contribution >= 4 is 11.5 Å². The van der Waals surface area contributed by atoms with Crippen molar-refractivity contribution in [3.05, 3.63) is 105 Å². The number of hydrogen-bond acceptors (Lipinski definition) is 4. The SMILES string of the molecule is CC(C)c1cc(C2=CCc3c(c(C(C)C)cc(C4=COc5c(C(C)C)ccc(C(C)C)c5O4)c3C(C)C)O2)c(C(C)C)c2c1OC=CC2. The fraction of sp³-hybridized carbons (Fsp3) is 0.455. The molecule has 0 spiro atoms. The van der Waals surface area contributed by atoms with Gasteiger partial charge in [0.25, 0.3) is 0 Å². The number of allylic oxidation sites excluding steroid dienone is 2. The Morgan fingerprint density at radius 2 is 0.979 bits per heavy atom. The molecule has 0 amide bonds. The lowest BCUT2D eigenvalue weighted by Crippen LogP contribution is -2.17. The van der Waals surface area contributed by atoms with Crippen LogP contribution in [0.4, 0.5) is 0 Å². The third-order valence-electron chi connectivity index (χ3n) is 10.1. The quantitative estimate of drug-likeness (QED) is 0.244. The van der Waals surface area contributed by atoms with Gasteiger partial charge >= 0.3 is 0 Å². The molecule has 0 saturated carbocycles. The lowest BCUT2D eigenvalue weighted by Gasteiger charge is -2.32. The van der Waals surface area contributed by atoms with E-state index in [1.165, 1.54) is 44.5 Å². The van der Waals surface area contributed by atoms with Crippen molar-refractivity contribution < 1.29 is 18.9 Å². The van der Waals surface area contributed by atoms with Gasteiger partial charge < -0.3 is 18.9 Å². The first kappa shape index (κ1) is 34.0. The molecule has 0 bridgehead atoms. The summed E-state index contributed by atoms with van der Waals surface area (Å²) in [5.41, 5.74) is 12.1. The van der Waals surface area contributed by atoms with Gasteiger partial charge in [-0.15, -0.1) is 0 Å². The maximum absolute atomic E-state index is 7.12. The van der Waals surface area contributed by atoms with Gasteiger partial charge in [-0.05, 0) is 94.9 Å². The molecular weight excluding hydrogens is 592 g/mol. The van der Waals surface area contributed by atoms with Crippen LogP contribution < -0.4 is 18.9 Å². The van der Waals surface area contributed by atoms with Crippen molar-refractivity contribution in [3.8, 4) is 23.0 Å². The van der Waals surface area contributed by atoms with Crippen molar-refractivity contribution in [2.24, 2.45) is 0 Å². The molecule has 4 heteroatoms. The van der Waals surface area contributed by atoms with Gasteiger partial charge in [0.05, 0.1) is 6.26 Å². The van der Waals surface area contributed by atoms with E-state index in [9.17, 15) is 0 Å². The Morgan fingerprint density at radius 1 is 0.479 bits per heavy atom. The van der Waals surface area contributed by atoms with Crippen LogP contribution in [0.5, 0.6) is 23.0 Å². The maximum Gasteiger partial charge on any atom is 0.173 e.